The van der Waals surface area contributed by atoms with Crippen molar-refractivity contribution in [3.63, 3.8) is 0 Å². The number of hydrogen-bond donors (Lipinski definition) is 1. The molecule has 1 aliphatic heterocycles. The molecule has 1 aromatic carbocycles. The lowest BCUT2D eigenvalue weighted by atomic mass is 9.93. The van der Waals surface area contributed by atoms with E-state index in [2.05, 4.69) is 38.2 Å². The van der Waals surface area contributed by atoms with Gasteiger partial charge in [-0.25, -0.2) is 0 Å². The van der Waals surface area contributed by atoms with Gasteiger partial charge >= 0.3 is 0 Å². The van der Waals surface area contributed by atoms with Gasteiger partial charge in [0.15, 0.2) is 0 Å². The Hall–Kier alpha value is -1.35. The van der Waals surface area contributed by atoms with Crippen molar-refractivity contribution in [2.45, 2.75) is 58.7 Å². The average Bonchev–Trinajstić information content (AvgIpc) is 2.52. The number of nitrogens with one attached hydrogen (secondary N) is 1. The van der Waals surface area contributed by atoms with Crippen molar-refractivity contribution in [3.8, 4) is 0 Å². The number of carbonyl (C=O) groups excluding carboxylic acids is 1. The molecule has 1 N–H and O–H groups in total. The maximum Gasteiger partial charge on any atom is 0.240 e. The summed E-state index contributed by atoms with van der Waals surface area (Å²) in [6.07, 6.45) is 3.12. The Labute approximate surface area is 128 Å². The molecule has 0 spiro atoms. The molecular formula is C18H28N2O. The lowest BCUT2D eigenvalue weighted by Crippen LogP contribution is -2.52. The second kappa shape index (κ2) is 7.60. The van der Waals surface area contributed by atoms with Crippen LogP contribution < -0.4 is 5.32 Å². The first-order chi connectivity index (χ1) is 10.1. The lowest BCUT2D eigenvalue weighted by molar-refractivity contribution is -0.137. The maximum absolute atomic E-state index is 12.9. The van der Waals surface area contributed by atoms with E-state index < -0.39 is 0 Å². The molecule has 0 aromatic heterocycles. The zero-order valence-electron chi connectivity index (χ0n) is 13.5. The molecule has 1 amide bonds. The number of rotatable bonds is 5. The van der Waals surface area contributed by atoms with E-state index >= 15 is 0 Å². The summed E-state index contributed by atoms with van der Waals surface area (Å²) < 4.78 is 0. The monoisotopic (exact) mass is 288 g/mol. The van der Waals surface area contributed by atoms with Gasteiger partial charge in [0.2, 0.25) is 5.91 Å². The summed E-state index contributed by atoms with van der Waals surface area (Å²) in [5.41, 5.74) is 1.20. The zero-order valence-corrected chi connectivity index (χ0v) is 13.5. The van der Waals surface area contributed by atoms with Crippen molar-refractivity contribution in [3.05, 3.63) is 35.9 Å². The molecule has 3 heteroatoms. The van der Waals surface area contributed by atoms with Crippen LogP contribution in [0.2, 0.25) is 0 Å². The Morgan fingerprint density at radius 1 is 1.38 bits per heavy atom. The normalized spacial score (nSPS) is 23.6. The number of piperidine rings is 1. The smallest absolute Gasteiger partial charge is 0.240 e. The van der Waals surface area contributed by atoms with Crippen molar-refractivity contribution in [2.75, 3.05) is 6.54 Å². The summed E-state index contributed by atoms with van der Waals surface area (Å²) >= 11 is 0. The summed E-state index contributed by atoms with van der Waals surface area (Å²) in [7, 11) is 0. The highest BCUT2D eigenvalue weighted by atomic mass is 16.2. The van der Waals surface area contributed by atoms with E-state index in [-0.39, 0.29) is 18.0 Å². The van der Waals surface area contributed by atoms with Crippen LogP contribution in [0, 0.1) is 5.92 Å². The Balaban J connectivity index is 2.09. The van der Waals surface area contributed by atoms with Gasteiger partial charge in [0.25, 0.3) is 0 Å². The first-order valence-corrected chi connectivity index (χ1v) is 8.19. The largest absolute Gasteiger partial charge is 0.334 e. The molecule has 0 aliphatic carbocycles. The SMILES string of the molecule is CCC(C)N(Cc1ccccc1)C(=O)C1CC(C)CCN1. The molecule has 0 radical (unpaired) electrons. The minimum Gasteiger partial charge on any atom is -0.334 e. The molecule has 1 heterocycles. The van der Waals surface area contributed by atoms with Crippen molar-refractivity contribution in [1.82, 2.24) is 10.2 Å². The van der Waals surface area contributed by atoms with E-state index in [9.17, 15) is 4.79 Å². The summed E-state index contributed by atoms with van der Waals surface area (Å²) in [5.74, 6) is 0.899. The fourth-order valence-corrected chi connectivity index (χ4v) is 2.95. The van der Waals surface area contributed by atoms with Crippen LogP contribution >= 0.6 is 0 Å². The van der Waals surface area contributed by atoms with Gasteiger partial charge in [-0.05, 0) is 44.2 Å². The van der Waals surface area contributed by atoms with Crippen LogP contribution in [0.5, 0.6) is 0 Å². The number of nitrogens with zero attached hydrogens (tertiary/aromatic N) is 1. The van der Waals surface area contributed by atoms with Gasteiger partial charge in [-0.3, -0.25) is 4.79 Å². The van der Waals surface area contributed by atoms with Crippen LogP contribution in [0.4, 0.5) is 0 Å². The average molecular weight is 288 g/mol. The van der Waals surface area contributed by atoms with Crippen LogP contribution in [-0.2, 0) is 11.3 Å². The fourth-order valence-electron chi connectivity index (χ4n) is 2.95. The van der Waals surface area contributed by atoms with Gasteiger partial charge in [-0.15, -0.1) is 0 Å². The number of hydrogen-bond acceptors (Lipinski definition) is 2. The van der Waals surface area contributed by atoms with Gasteiger partial charge in [0.05, 0.1) is 6.04 Å². The van der Waals surface area contributed by atoms with E-state index in [1.807, 2.05) is 23.1 Å². The standard InChI is InChI=1S/C18H28N2O/c1-4-15(3)20(13-16-8-6-5-7-9-16)18(21)17-12-14(2)10-11-19-17/h5-9,14-15,17,19H,4,10-13H2,1-3H3. The molecule has 1 saturated heterocycles. The van der Waals surface area contributed by atoms with Crippen molar-refractivity contribution in [2.24, 2.45) is 5.92 Å². The quantitative estimate of drug-likeness (QED) is 0.902. The Kier molecular flexibility index (Phi) is 5.80. The highest BCUT2D eigenvalue weighted by molar-refractivity contribution is 5.82. The molecule has 3 nitrogen and oxygen atoms in total. The molecular weight excluding hydrogens is 260 g/mol. The van der Waals surface area contributed by atoms with Crippen LogP contribution in [0.1, 0.15) is 45.6 Å². The molecule has 116 valence electrons. The van der Waals surface area contributed by atoms with Gasteiger partial charge in [0, 0.05) is 12.6 Å². The molecule has 21 heavy (non-hydrogen) atoms. The lowest BCUT2D eigenvalue weighted by Gasteiger charge is -2.35. The summed E-state index contributed by atoms with van der Waals surface area (Å²) in [5, 5.41) is 3.40. The maximum atomic E-state index is 12.9. The summed E-state index contributed by atoms with van der Waals surface area (Å²) in [6, 6.07) is 10.6. The predicted molar refractivity (Wildman–Crippen MR) is 86.9 cm³/mol. The molecule has 2 rings (SSSR count). The topological polar surface area (TPSA) is 32.3 Å². The third-order valence-corrected chi connectivity index (χ3v) is 4.57. The van der Waals surface area contributed by atoms with E-state index in [0.29, 0.717) is 12.5 Å². The van der Waals surface area contributed by atoms with Crippen molar-refractivity contribution < 1.29 is 4.79 Å². The molecule has 0 saturated carbocycles. The molecule has 1 aliphatic rings. The number of carbonyl (C=O) groups is 1. The minimum atomic E-state index is -0.00791. The summed E-state index contributed by atoms with van der Waals surface area (Å²) in [4.78, 5) is 15.0. The first-order valence-electron chi connectivity index (χ1n) is 8.19. The van der Waals surface area contributed by atoms with Gasteiger partial charge in [-0.2, -0.15) is 0 Å². The van der Waals surface area contributed by atoms with Crippen LogP contribution in [-0.4, -0.2) is 29.4 Å². The van der Waals surface area contributed by atoms with Crippen LogP contribution in [0.15, 0.2) is 30.3 Å². The molecule has 3 atom stereocenters. The molecule has 3 unspecified atom stereocenters. The molecule has 1 fully saturated rings. The van der Waals surface area contributed by atoms with Crippen LogP contribution in [0.3, 0.4) is 0 Å². The Bertz CT molecular complexity index is 446. The van der Waals surface area contributed by atoms with E-state index in [1.54, 1.807) is 0 Å². The van der Waals surface area contributed by atoms with E-state index in [1.165, 1.54) is 12.0 Å². The molecule has 1 aromatic rings. The van der Waals surface area contributed by atoms with Gasteiger partial charge in [-0.1, -0.05) is 44.2 Å². The van der Waals surface area contributed by atoms with Crippen molar-refractivity contribution in [1.29, 1.82) is 0 Å². The van der Waals surface area contributed by atoms with E-state index in [0.717, 1.165) is 19.4 Å². The first kappa shape index (κ1) is 16.0. The third-order valence-electron chi connectivity index (χ3n) is 4.57. The number of benzene rings is 1. The summed E-state index contributed by atoms with van der Waals surface area (Å²) in [6.45, 7) is 8.20. The zero-order chi connectivity index (χ0) is 15.2. The Morgan fingerprint density at radius 2 is 2.10 bits per heavy atom. The number of amides is 1. The van der Waals surface area contributed by atoms with Gasteiger partial charge in [0.1, 0.15) is 0 Å². The molecule has 0 bridgehead atoms. The minimum absolute atomic E-state index is 0.00791. The Morgan fingerprint density at radius 3 is 2.71 bits per heavy atom. The van der Waals surface area contributed by atoms with Crippen molar-refractivity contribution >= 4 is 5.91 Å². The highest BCUT2D eigenvalue weighted by Crippen LogP contribution is 2.19. The third kappa shape index (κ3) is 4.31. The second-order valence-electron chi connectivity index (χ2n) is 6.35. The highest BCUT2D eigenvalue weighted by Gasteiger charge is 2.30. The predicted octanol–water partition coefficient (Wildman–Crippen LogP) is 3.20. The van der Waals surface area contributed by atoms with Crippen LogP contribution in [0.25, 0.3) is 0 Å². The van der Waals surface area contributed by atoms with E-state index in [4.69, 9.17) is 0 Å². The van der Waals surface area contributed by atoms with Gasteiger partial charge < -0.3 is 10.2 Å². The second-order valence-corrected chi connectivity index (χ2v) is 6.35. The fraction of sp³-hybridized carbons (Fsp3) is 0.611.